The molecule has 3 unspecified atom stereocenters. The number of rotatable bonds is 5. The second-order valence-corrected chi connectivity index (χ2v) is 16.0. The van der Waals surface area contributed by atoms with E-state index in [1.165, 1.54) is 48.4 Å². The molecule has 2 aliphatic heterocycles. The first-order valence-electron chi connectivity index (χ1n) is 17.4. The molecular weight excluding hydrogens is 609 g/mol. The molecule has 9 rings (SSSR count). The molecule has 240 valence electrons. The van der Waals surface area contributed by atoms with Crippen molar-refractivity contribution in [1.29, 1.82) is 0 Å². The van der Waals surface area contributed by atoms with Crippen molar-refractivity contribution < 1.29 is 9.13 Å². The zero-order chi connectivity index (χ0) is 33.0. The fourth-order valence-electron chi connectivity index (χ4n) is 9.09. The molecule has 0 amide bonds. The van der Waals surface area contributed by atoms with Crippen molar-refractivity contribution in [3.8, 4) is 22.6 Å². The van der Waals surface area contributed by atoms with Crippen LogP contribution in [-0.4, -0.2) is 19.7 Å². The van der Waals surface area contributed by atoms with Crippen molar-refractivity contribution in [1.82, 2.24) is 19.7 Å². The number of hydrogen-bond acceptors (Lipinski definition) is 4. The highest BCUT2D eigenvalue weighted by atomic mass is 32.1. The number of thiophene rings is 1. The maximum Gasteiger partial charge on any atom is 0.349 e. The van der Waals surface area contributed by atoms with E-state index in [2.05, 4.69) is 134 Å². The summed E-state index contributed by atoms with van der Waals surface area (Å²) in [6.07, 6.45) is 9.87. The molecule has 2 aromatic carbocycles. The van der Waals surface area contributed by atoms with Crippen LogP contribution < -0.4 is 9.13 Å². The molecule has 0 radical (unpaired) electrons. The monoisotopic (exact) mass is 650 g/mol. The van der Waals surface area contributed by atoms with Gasteiger partial charge in [-0.3, -0.25) is 0 Å². The minimum Gasteiger partial charge on any atom is -0.246 e. The molecule has 7 heterocycles. The summed E-state index contributed by atoms with van der Waals surface area (Å²) in [4.78, 5) is 9.72. The van der Waals surface area contributed by atoms with Gasteiger partial charge in [0.1, 0.15) is 23.0 Å². The van der Waals surface area contributed by atoms with Gasteiger partial charge in [0.05, 0.1) is 11.9 Å². The lowest BCUT2D eigenvalue weighted by Gasteiger charge is -2.47. The first-order chi connectivity index (χ1) is 23.2. The summed E-state index contributed by atoms with van der Waals surface area (Å²) >= 11 is 1.89. The smallest absolute Gasteiger partial charge is 0.246 e. The van der Waals surface area contributed by atoms with Gasteiger partial charge < -0.3 is 0 Å². The number of aromatic nitrogens is 6. The van der Waals surface area contributed by atoms with E-state index in [1.54, 1.807) is 6.20 Å². The summed E-state index contributed by atoms with van der Waals surface area (Å²) < 4.78 is 10.2. The van der Waals surface area contributed by atoms with Crippen LogP contribution in [-0.2, 0) is 16.5 Å². The first kappa shape index (κ1) is 29.6. The van der Waals surface area contributed by atoms with Gasteiger partial charge in [0.2, 0.25) is 5.69 Å². The molecular formula is C41H42N6S+2. The molecule has 2 aliphatic rings. The molecule has 5 aromatic heterocycles. The van der Waals surface area contributed by atoms with Crippen LogP contribution in [0.15, 0.2) is 91.4 Å². The van der Waals surface area contributed by atoms with Gasteiger partial charge in [0.15, 0.2) is 23.4 Å². The molecule has 0 bridgehead atoms. The van der Waals surface area contributed by atoms with Crippen molar-refractivity contribution in [2.75, 3.05) is 0 Å². The maximum absolute atomic E-state index is 5.42. The Morgan fingerprint density at radius 1 is 0.875 bits per heavy atom. The fraction of sp³-hybridized carbons (Fsp3) is 0.341. The zero-order valence-corrected chi connectivity index (χ0v) is 29.5. The molecule has 0 spiro atoms. The Labute approximate surface area is 285 Å². The van der Waals surface area contributed by atoms with Crippen molar-refractivity contribution in [2.45, 2.75) is 89.8 Å². The second kappa shape index (κ2) is 10.3. The van der Waals surface area contributed by atoms with Crippen molar-refractivity contribution in [3.63, 3.8) is 0 Å². The highest BCUT2D eigenvalue weighted by molar-refractivity contribution is 7.25. The number of nitrogens with zero attached hydrogens (tertiary/aromatic N) is 6. The van der Waals surface area contributed by atoms with Crippen molar-refractivity contribution in [3.05, 3.63) is 103 Å². The standard InChI is InChI=1S/C41H42N6S/c1-7-40(6)41(8-2,45-24-12-11-14-30(45)32-25-35(39(3,4)5)44-47(32)40)21-20-29-26-16-19-34-37(27-13-9-10-15-33(27)48-34)36(26)31-18-17-28-38(46(29)31)43-23-22-42-28/h9-19,22-25,29H,7-8,20-21H2,1-6H3/q+2. The number of benzene rings is 2. The molecule has 0 saturated heterocycles. The number of fused-ring (bicyclic) bond motifs is 12. The van der Waals surface area contributed by atoms with Crippen LogP contribution in [0.4, 0.5) is 0 Å². The third kappa shape index (κ3) is 3.82. The number of hydrogen-bond donors (Lipinski definition) is 0. The second-order valence-electron chi connectivity index (χ2n) is 15.0. The van der Waals surface area contributed by atoms with Gasteiger partial charge in [-0.05, 0) is 61.1 Å². The van der Waals surface area contributed by atoms with Crippen LogP contribution in [0.1, 0.15) is 84.5 Å². The molecule has 6 nitrogen and oxygen atoms in total. The number of pyridine rings is 2. The summed E-state index contributed by atoms with van der Waals surface area (Å²) in [5, 5.41) is 8.12. The molecule has 3 atom stereocenters. The lowest BCUT2D eigenvalue weighted by atomic mass is 9.68. The summed E-state index contributed by atoms with van der Waals surface area (Å²) in [6, 6.07) is 27.2. The SMILES string of the molecule is CCC1(C)n2nc(C(C)(C)C)cc2-c2cccc[n+]2C1(CC)CCC1c2ccc3sc4ccccc4c3c2-c2ccc3nccnc3[n+]21. The van der Waals surface area contributed by atoms with Gasteiger partial charge in [0.25, 0.3) is 0 Å². The van der Waals surface area contributed by atoms with E-state index in [0.29, 0.717) is 0 Å². The molecule has 48 heavy (non-hydrogen) atoms. The normalized spacial score (nSPS) is 21.4. The van der Waals surface area contributed by atoms with Crippen molar-refractivity contribution >= 4 is 42.7 Å². The highest BCUT2D eigenvalue weighted by Gasteiger charge is 2.60. The lowest BCUT2D eigenvalue weighted by molar-refractivity contribution is -0.776. The lowest BCUT2D eigenvalue weighted by Crippen LogP contribution is -2.71. The minimum absolute atomic E-state index is 0.0410. The van der Waals surface area contributed by atoms with Gasteiger partial charge in [-0.1, -0.05) is 58.9 Å². The van der Waals surface area contributed by atoms with Crippen LogP contribution in [0.25, 0.3) is 54.0 Å². The third-order valence-electron chi connectivity index (χ3n) is 11.7. The van der Waals surface area contributed by atoms with Crippen LogP contribution in [0.5, 0.6) is 0 Å². The molecule has 0 fully saturated rings. The average molecular weight is 651 g/mol. The first-order valence-corrected chi connectivity index (χ1v) is 18.2. The Hall–Kier alpha value is -4.49. The fourth-order valence-corrected chi connectivity index (χ4v) is 10.2. The Morgan fingerprint density at radius 2 is 1.69 bits per heavy atom. The maximum atomic E-state index is 5.42. The van der Waals surface area contributed by atoms with Gasteiger partial charge in [-0.2, -0.15) is 9.67 Å². The molecule has 0 N–H and O–H groups in total. The van der Waals surface area contributed by atoms with E-state index >= 15 is 0 Å². The predicted octanol–water partition coefficient (Wildman–Crippen LogP) is 9.03. The van der Waals surface area contributed by atoms with Gasteiger partial charge >= 0.3 is 5.65 Å². The summed E-state index contributed by atoms with van der Waals surface area (Å²) in [6.45, 7) is 14.0. The van der Waals surface area contributed by atoms with E-state index in [0.717, 1.165) is 42.5 Å². The highest BCUT2D eigenvalue weighted by Crippen LogP contribution is 2.51. The Kier molecular flexibility index (Phi) is 6.33. The molecule has 7 aromatic rings. The molecule has 7 heteroatoms. The molecule has 0 saturated carbocycles. The van der Waals surface area contributed by atoms with E-state index in [-0.39, 0.29) is 22.5 Å². The van der Waals surface area contributed by atoms with E-state index in [4.69, 9.17) is 15.1 Å². The molecule has 0 aliphatic carbocycles. The van der Waals surface area contributed by atoms with Gasteiger partial charge in [0, 0.05) is 61.7 Å². The average Bonchev–Trinajstić information content (AvgIpc) is 3.81. The van der Waals surface area contributed by atoms with Crippen LogP contribution in [0.2, 0.25) is 0 Å². The largest absolute Gasteiger partial charge is 0.349 e. The topological polar surface area (TPSA) is 51.4 Å². The predicted molar refractivity (Wildman–Crippen MR) is 194 cm³/mol. The Balaban J connectivity index is 1.25. The Bertz CT molecular complexity index is 2410. The van der Waals surface area contributed by atoms with E-state index < -0.39 is 0 Å². The van der Waals surface area contributed by atoms with Crippen molar-refractivity contribution in [2.24, 2.45) is 0 Å². The quantitative estimate of drug-likeness (QED) is 0.175. The third-order valence-corrected chi connectivity index (χ3v) is 12.9. The van der Waals surface area contributed by atoms with Crippen LogP contribution in [0, 0.1) is 0 Å². The summed E-state index contributed by atoms with van der Waals surface area (Å²) in [5.74, 6) is 0. The summed E-state index contributed by atoms with van der Waals surface area (Å²) in [5.41, 5.74) is 8.99. The van der Waals surface area contributed by atoms with Crippen LogP contribution in [0.3, 0.4) is 0 Å². The Morgan fingerprint density at radius 3 is 2.50 bits per heavy atom. The van der Waals surface area contributed by atoms with E-state index in [9.17, 15) is 0 Å². The zero-order valence-electron chi connectivity index (χ0n) is 28.7. The minimum atomic E-state index is -0.236. The van der Waals surface area contributed by atoms with Gasteiger partial charge in [-0.15, -0.1) is 11.3 Å². The van der Waals surface area contributed by atoms with E-state index in [1.807, 2.05) is 17.5 Å². The summed E-state index contributed by atoms with van der Waals surface area (Å²) in [7, 11) is 0. The van der Waals surface area contributed by atoms with Gasteiger partial charge in [-0.25, -0.2) is 14.2 Å². The van der Waals surface area contributed by atoms with Crippen LogP contribution >= 0.6 is 11.3 Å².